The first-order valence-corrected chi connectivity index (χ1v) is 9.20. The molecular weight excluding hydrogens is 334 g/mol. The summed E-state index contributed by atoms with van der Waals surface area (Å²) in [6.07, 6.45) is 10.2. The van der Waals surface area contributed by atoms with Gasteiger partial charge in [-0.2, -0.15) is 0 Å². The Morgan fingerprint density at radius 1 is 1.15 bits per heavy atom. The van der Waals surface area contributed by atoms with Gasteiger partial charge in [-0.3, -0.25) is 0 Å². The Morgan fingerprint density at radius 2 is 1.93 bits per heavy atom. The number of nitrogens with one attached hydrogen (secondary N) is 1. The Bertz CT molecular complexity index is 937. The van der Waals surface area contributed by atoms with Crippen LogP contribution in [-0.4, -0.2) is 46.6 Å². The molecule has 1 N–H and O–H groups in total. The van der Waals surface area contributed by atoms with Crippen LogP contribution in [0.25, 0.3) is 11.4 Å². The van der Waals surface area contributed by atoms with E-state index in [4.69, 9.17) is 0 Å². The summed E-state index contributed by atoms with van der Waals surface area (Å²) in [7, 11) is 4.18. The van der Waals surface area contributed by atoms with E-state index in [0.29, 0.717) is 0 Å². The Labute approximate surface area is 160 Å². The van der Waals surface area contributed by atoms with Crippen molar-refractivity contribution in [3.8, 4) is 0 Å². The Kier molecular flexibility index (Phi) is 4.54. The maximum atomic E-state index is 4.60. The van der Waals surface area contributed by atoms with E-state index in [9.17, 15) is 0 Å². The monoisotopic (exact) mass is 359 g/mol. The molecule has 138 valence electrons. The lowest BCUT2D eigenvalue weighted by Gasteiger charge is -2.28. The normalized spacial score (nSPS) is 18.6. The highest BCUT2D eigenvalue weighted by Gasteiger charge is 2.33. The zero-order valence-electron chi connectivity index (χ0n) is 16.3. The molecule has 2 aliphatic heterocycles. The highest BCUT2D eigenvalue weighted by atomic mass is 15.3. The maximum Gasteiger partial charge on any atom is 0.123 e. The average molecular weight is 359 g/mol. The van der Waals surface area contributed by atoms with Gasteiger partial charge in [-0.15, -0.1) is 0 Å². The van der Waals surface area contributed by atoms with Crippen molar-refractivity contribution in [2.75, 3.05) is 20.6 Å². The highest BCUT2D eigenvalue weighted by molar-refractivity contribution is 5.92. The van der Waals surface area contributed by atoms with Crippen LogP contribution in [0, 0.1) is 13.8 Å². The summed E-state index contributed by atoms with van der Waals surface area (Å²) >= 11 is 0. The number of hydrogen-bond acceptors (Lipinski definition) is 5. The maximum absolute atomic E-state index is 4.60. The zero-order valence-corrected chi connectivity index (χ0v) is 16.3. The van der Waals surface area contributed by atoms with Crippen LogP contribution < -0.4 is 5.32 Å². The molecule has 0 bridgehead atoms. The second-order valence-corrected chi connectivity index (χ2v) is 7.44. The van der Waals surface area contributed by atoms with Crippen molar-refractivity contribution < 1.29 is 0 Å². The van der Waals surface area contributed by atoms with Crippen molar-refractivity contribution >= 4 is 11.4 Å². The van der Waals surface area contributed by atoms with Crippen molar-refractivity contribution in [3.63, 3.8) is 0 Å². The number of rotatable bonds is 4. The van der Waals surface area contributed by atoms with Crippen LogP contribution in [0.3, 0.4) is 0 Å². The molecule has 1 aromatic carbocycles. The fraction of sp³-hybridized carbons (Fsp3) is 0.273. The molecule has 27 heavy (non-hydrogen) atoms. The van der Waals surface area contributed by atoms with E-state index < -0.39 is 0 Å². The Balaban J connectivity index is 1.80. The van der Waals surface area contributed by atoms with Gasteiger partial charge < -0.3 is 15.1 Å². The van der Waals surface area contributed by atoms with Crippen LogP contribution >= 0.6 is 0 Å². The zero-order chi connectivity index (χ0) is 19.0. The third-order valence-electron chi connectivity index (χ3n) is 4.87. The predicted molar refractivity (Wildman–Crippen MR) is 109 cm³/mol. The minimum absolute atomic E-state index is 0.0885. The molecular formula is C22H25N5. The molecule has 0 aliphatic carbocycles. The standard InChI is InChI=1S/C22H25N5/c1-15-5-7-18(8-6-15)21-22(20-16(2)12-23-14-24-20)27-10-9-17(13-26(3)4)11-19(27)25-21/h5-12,14,19,25H,13H2,1-4H3. The largest absolute Gasteiger partial charge is 0.359 e. The molecule has 4 rings (SSSR count). The number of benzene rings is 1. The van der Waals surface area contributed by atoms with E-state index >= 15 is 0 Å². The van der Waals surface area contributed by atoms with Crippen molar-refractivity contribution in [2.24, 2.45) is 0 Å². The second-order valence-electron chi connectivity index (χ2n) is 7.44. The van der Waals surface area contributed by atoms with Crippen LogP contribution in [0.1, 0.15) is 22.4 Å². The lowest BCUT2D eigenvalue weighted by molar-refractivity contribution is 0.418. The van der Waals surface area contributed by atoms with Gasteiger partial charge in [0.1, 0.15) is 12.5 Å². The molecule has 0 fully saturated rings. The van der Waals surface area contributed by atoms with Crippen LogP contribution in [0.15, 0.2) is 60.7 Å². The summed E-state index contributed by atoms with van der Waals surface area (Å²) in [5.74, 6) is 0. The van der Waals surface area contributed by atoms with E-state index in [0.717, 1.165) is 29.2 Å². The average Bonchev–Trinajstić information content (AvgIpc) is 3.00. The van der Waals surface area contributed by atoms with Crippen LogP contribution in [0.4, 0.5) is 0 Å². The SMILES string of the molecule is Cc1ccc(C2=C(c3ncncc3C)N3C=CC(CN(C)C)=CC3N2)cc1. The first kappa shape index (κ1) is 17.5. The lowest BCUT2D eigenvalue weighted by atomic mass is 10.1. The van der Waals surface area contributed by atoms with Gasteiger partial charge >= 0.3 is 0 Å². The quantitative estimate of drug-likeness (QED) is 0.908. The summed E-state index contributed by atoms with van der Waals surface area (Å²) in [5.41, 5.74) is 7.95. The summed E-state index contributed by atoms with van der Waals surface area (Å²) in [6.45, 7) is 5.09. The Morgan fingerprint density at radius 3 is 2.63 bits per heavy atom. The Hall–Kier alpha value is -2.92. The summed E-state index contributed by atoms with van der Waals surface area (Å²) in [6, 6.07) is 8.63. The number of fused-ring (bicyclic) bond motifs is 1. The molecule has 0 radical (unpaired) electrons. The van der Waals surface area contributed by atoms with Gasteiger partial charge in [0.05, 0.1) is 17.1 Å². The number of nitrogens with zero attached hydrogens (tertiary/aromatic N) is 4. The highest BCUT2D eigenvalue weighted by Crippen LogP contribution is 2.37. The van der Waals surface area contributed by atoms with Gasteiger partial charge in [-0.05, 0) is 56.8 Å². The van der Waals surface area contributed by atoms with Gasteiger partial charge in [-0.25, -0.2) is 9.97 Å². The van der Waals surface area contributed by atoms with Gasteiger partial charge in [0.2, 0.25) is 0 Å². The van der Waals surface area contributed by atoms with Gasteiger partial charge in [0, 0.05) is 18.9 Å². The molecule has 5 nitrogen and oxygen atoms in total. The number of likely N-dealkylation sites (N-methyl/N-ethyl adjacent to an activating group) is 1. The third-order valence-corrected chi connectivity index (χ3v) is 4.87. The van der Waals surface area contributed by atoms with Gasteiger partial charge in [-0.1, -0.05) is 29.8 Å². The lowest BCUT2D eigenvalue weighted by Crippen LogP contribution is -2.35. The van der Waals surface area contributed by atoms with Gasteiger partial charge in [0.25, 0.3) is 0 Å². The summed E-state index contributed by atoms with van der Waals surface area (Å²) in [5, 5.41) is 3.71. The molecule has 2 aliphatic rings. The van der Waals surface area contributed by atoms with Crippen molar-refractivity contribution in [2.45, 2.75) is 20.0 Å². The van der Waals surface area contributed by atoms with Crippen molar-refractivity contribution in [1.29, 1.82) is 0 Å². The molecule has 0 spiro atoms. The first-order chi connectivity index (χ1) is 13.0. The van der Waals surface area contributed by atoms with E-state index in [2.05, 4.69) is 95.6 Å². The van der Waals surface area contributed by atoms with Crippen molar-refractivity contribution in [1.82, 2.24) is 25.1 Å². The second kappa shape index (κ2) is 7.00. The van der Waals surface area contributed by atoms with E-state index in [-0.39, 0.29) is 6.17 Å². The minimum Gasteiger partial charge on any atom is -0.359 e. The van der Waals surface area contributed by atoms with Crippen molar-refractivity contribution in [3.05, 3.63) is 83.1 Å². The molecule has 0 saturated carbocycles. The number of hydrogen-bond donors (Lipinski definition) is 1. The molecule has 1 atom stereocenters. The molecule has 2 aromatic rings. The smallest absolute Gasteiger partial charge is 0.123 e. The third kappa shape index (κ3) is 3.38. The summed E-state index contributed by atoms with van der Waals surface area (Å²) in [4.78, 5) is 13.2. The molecule has 0 amide bonds. The van der Waals surface area contributed by atoms with E-state index in [1.807, 2.05) is 6.20 Å². The van der Waals surface area contributed by atoms with E-state index in [1.165, 1.54) is 16.7 Å². The first-order valence-electron chi connectivity index (χ1n) is 9.20. The molecule has 1 aromatic heterocycles. The topological polar surface area (TPSA) is 44.3 Å². The van der Waals surface area contributed by atoms with Crippen LogP contribution in [0.5, 0.6) is 0 Å². The molecule has 3 heterocycles. The van der Waals surface area contributed by atoms with Crippen LogP contribution in [-0.2, 0) is 0 Å². The molecule has 0 saturated heterocycles. The molecule has 5 heteroatoms. The number of aromatic nitrogens is 2. The van der Waals surface area contributed by atoms with Crippen LogP contribution in [0.2, 0.25) is 0 Å². The fourth-order valence-electron chi connectivity index (χ4n) is 3.58. The predicted octanol–water partition coefficient (Wildman–Crippen LogP) is 3.17. The summed E-state index contributed by atoms with van der Waals surface area (Å²) < 4.78 is 0. The minimum atomic E-state index is 0.0885. The van der Waals surface area contributed by atoms with E-state index in [1.54, 1.807) is 6.33 Å². The number of aryl methyl sites for hydroxylation is 2. The van der Waals surface area contributed by atoms with Gasteiger partial charge in [0.15, 0.2) is 0 Å². The fourth-order valence-corrected chi connectivity index (χ4v) is 3.58. The molecule has 1 unspecified atom stereocenters.